The summed E-state index contributed by atoms with van der Waals surface area (Å²) < 4.78 is 0. The first kappa shape index (κ1) is 9.51. The number of aromatic nitrogens is 1. The number of amides is 1. The van der Waals surface area contributed by atoms with E-state index >= 15 is 0 Å². The first-order valence-corrected chi connectivity index (χ1v) is 3.97. The highest BCUT2D eigenvalue weighted by molar-refractivity contribution is 5.96. The van der Waals surface area contributed by atoms with E-state index in [1.165, 1.54) is 4.90 Å². The number of carbonyl (C=O) groups is 1. The second-order valence-electron chi connectivity index (χ2n) is 3.09. The van der Waals surface area contributed by atoms with Crippen molar-refractivity contribution in [1.29, 1.82) is 0 Å². The number of carbonyl (C=O) groups excluding carboxylic acids is 1. The Morgan fingerprint density at radius 3 is 2.62 bits per heavy atom. The predicted molar refractivity (Wildman–Crippen MR) is 51.4 cm³/mol. The van der Waals surface area contributed by atoms with Crippen molar-refractivity contribution >= 4 is 11.6 Å². The minimum atomic E-state index is -0.166. The molecule has 0 unspecified atom stereocenters. The van der Waals surface area contributed by atoms with Gasteiger partial charge in [0.2, 0.25) is 0 Å². The lowest BCUT2D eigenvalue weighted by atomic mass is 10.2. The van der Waals surface area contributed by atoms with Gasteiger partial charge in [-0.15, -0.1) is 0 Å². The van der Waals surface area contributed by atoms with Gasteiger partial charge in [-0.05, 0) is 19.1 Å². The molecule has 1 rings (SSSR count). The highest BCUT2D eigenvalue weighted by Gasteiger charge is 2.12. The van der Waals surface area contributed by atoms with Crippen molar-refractivity contribution in [2.75, 3.05) is 19.8 Å². The summed E-state index contributed by atoms with van der Waals surface area (Å²) in [5, 5.41) is 0. The average molecular weight is 179 g/mol. The number of rotatable bonds is 1. The van der Waals surface area contributed by atoms with Crippen molar-refractivity contribution in [1.82, 2.24) is 9.88 Å². The van der Waals surface area contributed by atoms with Gasteiger partial charge < -0.3 is 10.6 Å². The zero-order valence-electron chi connectivity index (χ0n) is 8.03. The smallest absolute Gasteiger partial charge is 0.274 e. The summed E-state index contributed by atoms with van der Waals surface area (Å²) in [4.78, 5) is 17.0. The molecule has 0 fully saturated rings. The molecule has 0 aliphatic carbocycles. The maximum absolute atomic E-state index is 11.5. The van der Waals surface area contributed by atoms with Crippen molar-refractivity contribution < 1.29 is 4.79 Å². The summed E-state index contributed by atoms with van der Waals surface area (Å²) in [5.74, 6) is -0.166. The molecule has 1 amide bonds. The Balaban J connectivity index is 3.13. The number of anilines is 1. The summed E-state index contributed by atoms with van der Waals surface area (Å²) in [5.41, 5.74) is 7.15. The molecule has 1 aromatic heterocycles. The summed E-state index contributed by atoms with van der Waals surface area (Å²) in [7, 11) is 3.34. The zero-order chi connectivity index (χ0) is 10.0. The van der Waals surface area contributed by atoms with E-state index in [-0.39, 0.29) is 5.91 Å². The molecular weight excluding hydrogens is 166 g/mol. The molecule has 0 bridgehead atoms. The van der Waals surface area contributed by atoms with Crippen LogP contribution in [0.2, 0.25) is 0 Å². The quantitative estimate of drug-likeness (QED) is 0.689. The topological polar surface area (TPSA) is 59.2 Å². The van der Waals surface area contributed by atoms with Gasteiger partial charge in [0, 0.05) is 19.8 Å². The second-order valence-corrected chi connectivity index (χ2v) is 3.09. The molecule has 0 atom stereocenters. The average Bonchev–Trinajstić information content (AvgIpc) is 2.08. The van der Waals surface area contributed by atoms with E-state index in [9.17, 15) is 4.79 Å². The molecule has 0 saturated heterocycles. The van der Waals surface area contributed by atoms with E-state index in [1.807, 2.05) is 6.92 Å². The molecule has 0 radical (unpaired) electrons. The van der Waals surface area contributed by atoms with Crippen molar-refractivity contribution in [3.63, 3.8) is 0 Å². The standard InChI is InChI=1S/C9H13N3O/c1-6-4-5-7(10)8(11-6)9(13)12(2)3/h4-5H,10H2,1-3H3. The largest absolute Gasteiger partial charge is 0.397 e. The number of hydrogen-bond acceptors (Lipinski definition) is 3. The predicted octanol–water partition coefficient (Wildman–Crippen LogP) is 0.674. The van der Waals surface area contributed by atoms with Gasteiger partial charge in [-0.25, -0.2) is 4.98 Å². The fraction of sp³-hybridized carbons (Fsp3) is 0.333. The van der Waals surface area contributed by atoms with Gasteiger partial charge >= 0.3 is 0 Å². The van der Waals surface area contributed by atoms with Crippen LogP contribution in [0.15, 0.2) is 12.1 Å². The Morgan fingerprint density at radius 2 is 2.08 bits per heavy atom. The van der Waals surface area contributed by atoms with Crippen molar-refractivity contribution in [3.8, 4) is 0 Å². The van der Waals surface area contributed by atoms with Crippen LogP contribution in [0.25, 0.3) is 0 Å². The van der Waals surface area contributed by atoms with E-state index in [4.69, 9.17) is 5.73 Å². The lowest BCUT2D eigenvalue weighted by Crippen LogP contribution is -2.24. The normalized spacial score (nSPS) is 9.77. The van der Waals surface area contributed by atoms with Crippen LogP contribution in [0.1, 0.15) is 16.2 Å². The van der Waals surface area contributed by atoms with Crippen molar-refractivity contribution in [2.24, 2.45) is 0 Å². The Hall–Kier alpha value is -1.58. The van der Waals surface area contributed by atoms with Crippen LogP contribution in [0.3, 0.4) is 0 Å². The highest BCUT2D eigenvalue weighted by Crippen LogP contribution is 2.10. The highest BCUT2D eigenvalue weighted by atomic mass is 16.2. The minimum absolute atomic E-state index is 0.166. The van der Waals surface area contributed by atoms with Gasteiger partial charge in [-0.3, -0.25) is 4.79 Å². The third kappa shape index (κ3) is 1.96. The van der Waals surface area contributed by atoms with Crippen LogP contribution >= 0.6 is 0 Å². The fourth-order valence-electron chi connectivity index (χ4n) is 0.951. The first-order valence-electron chi connectivity index (χ1n) is 3.97. The van der Waals surface area contributed by atoms with Crippen LogP contribution in [-0.2, 0) is 0 Å². The second kappa shape index (κ2) is 3.43. The molecule has 1 heterocycles. The van der Waals surface area contributed by atoms with Crippen LogP contribution in [0.4, 0.5) is 5.69 Å². The van der Waals surface area contributed by atoms with Crippen LogP contribution in [-0.4, -0.2) is 29.9 Å². The summed E-state index contributed by atoms with van der Waals surface area (Å²) >= 11 is 0. The van der Waals surface area contributed by atoms with E-state index in [0.29, 0.717) is 11.4 Å². The molecule has 70 valence electrons. The maximum Gasteiger partial charge on any atom is 0.274 e. The maximum atomic E-state index is 11.5. The fourth-order valence-corrected chi connectivity index (χ4v) is 0.951. The van der Waals surface area contributed by atoms with Gasteiger partial charge in [0.1, 0.15) is 0 Å². The minimum Gasteiger partial charge on any atom is -0.397 e. The van der Waals surface area contributed by atoms with Gasteiger partial charge in [-0.2, -0.15) is 0 Å². The van der Waals surface area contributed by atoms with E-state index < -0.39 is 0 Å². The summed E-state index contributed by atoms with van der Waals surface area (Å²) in [6, 6.07) is 3.47. The number of nitrogens with zero attached hydrogens (tertiary/aromatic N) is 2. The molecule has 1 aromatic rings. The Labute approximate surface area is 77.4 Å². The number of hydrogen-bond donors (Lipinski definition) is 1. The van der Waals surface area contributed by atoms with E-state index in [1.54, 1.807) is 26.2 Å². The molecule has 0 aliphatic rings. The summed E-state index contributed by atoms with van der Waals surface area (Å²) in [6.07, 6.45) is 0. The number of nitrogens with two attached hydrogens (primary N) is 1. The molecular formula is C9H13N3O. The third-order valence-corrected chi connectivity index (χ3v) is 1.67. The number of aryl methyl sites for hydroxylation is 1. The van der Waals surface area contributed by atoms with Crippen molar-refractivity contribution in [2.45, 2.75) is 6.92 Å². The van der Waals surface area contributed by atoms with Gasteiger partial charge in [0.05, 0.1) is 5.69 Å². The Bertz CT molecular complexity index is 334. The SMILES string of the molecule is Cc1ccc(N)c(C(=O)N(C)C)n1. The summed E-state index contributed by atoms with van der Waals surface area (Å²) in [6.45, 7) is 1.83. The first-order chi connectivity index (χ1) is 6.02. The number of pyridine rings is 1. The molecule has 4 nitrogen and oxygen atoms in total. The molecule has 2 N–H and O–H groups in total. The van der Waals surface area contributed by atoms with E-state index in [0.717, 1.165) is 5.69 Å². The van der Waals surface area contributed by atoms with Crippen molar-refractivity contribution in [3.05, 3.63) is 23.5 Å². The Morgan fingerprint density at radius 1 is 1.46 bits per heavy atom. The monoisotopic (exact) mass is 179 g/mol. The van der Waals surface area contributed by atoms with Crippen LogP contribution in [0.5, 0.6) is 0 Å². The van der Waals surface area contributed by atoms with Crippen LogP contribution < -0.4 is 5.73 Å². The Kier molecular flexibility index (Phi) is 2.51. The van der Waals surface area contributed by atoms with Gasteiger partial charge in [-0.1, -0.05) is 0 Å². The molecule has 0 aromatic carbocycles. The van der Waals surface area contributed by atoms with Gasteiger partial charge in [0.15, 0.2) is 5.69 Å². The van der Waals surface area contributed by atoms with Gasteiger partial charge in [0.25, 0.3) is 5.91 Å². The number of nitrogen functional groups attached to an aromatic ring is 1. The van der Waals surface area contributed by atoms with Crippen LogP contribution in [0, 0.1) is 6.92 Å². The molecule has 0 saturated carbocycles. The lowest BCUT2D eigenvalue weighted by Gasteiger charge is -2.11. The zero-order valence-corrected chi connectivity index (χ0v) is 8.03. The molecule has 0 aliphatic heterocycles. The molecule has 4 heteroatoms. The molecule has 0 spiro atoms. The lowest BCUT2D eigenvalue weighted by molar-refractivity contribution is 0.0823. The molecule has 13 heavy (non-hydrogen) atoms. The van der Waals surface area contributed by atoms with E-state index in [2.05, 4.69) is 4.98 Å². The third-order valence-electron chi connectivity index (χ3n) is 1.67.